The standard InChI is InChI=1S/C15H17N5O3S/c1-16-12-3-2-11(10-13(12)20(22)23)14(21)18-5-7-19(8-6-18)15-17-4-9-24-15/h2-4,9-10,16H,5-8H2,1H3. The fourth-order valence-electron chi connectivity index (χ4n) is 2.68. The maximum Gasteiger partial charge on any atom is 0.293 e. The summed E-state index contributed by atoms with van der Waals surface area (Å²) in [5.41, 5.74) is 0.637. The van der Waals surface area contributed by atoms with E-state index in [0.717, 1.165) is 5.13 Å². The van der Waals surface area contributed by atoms with Crippen LogP contribution in [-0.4, -0.2) is 53.9 Å². The number of thiazole rings is 1. The first-order chi connectivity index (χ1) is 11.6. The van der Waals surface area contributed by atoms with E-state index in [1.165, 1.54) is 6.07 Å². The molecule has 2 heterocycles. The number of aromatic nitrogens is 1. The molecule has 1 fully saturated rings. The van der Waals surface area contributed by atoms with E-state index in [0.29, 0.717) is 37.4 Å². The fourth-order valence-corrected chi connectivity index (χ4v) is 3.38. The van der Waals surface area contributed by atoms with Crippen molar-refractivity contribution in [2.24, 2.45) is 0 Å². The summed E-state index contributed by atoms with van der Waals surface area (Å²) in [6.07, 6.45) is 1.76. The van der Waals surface area contributed by atoms with Gasteiger partial charge in [-0.05, 0) is 12.1 Å². The minimum atomic E-state index is -0.483. The van der Waals surface area contributed by atoms with Crippen molar-refractivity contribution in [2.45, 2.75) is 0 Å². The number of carbonyl (C=O) groups excluding carboxylic acids is 1. The number of nitrogens with one attached hydrogen (secondary N) is 1. The Morgan fingerprint density at radius 2 is 2.08 bits per heavy atom. The lowest BCUT2D eigenvalue weighted by Gasteiger charge is -2.34. The Labute approximate surface area is 142 Å². The lowest BCUT2D eigenvalue weighted by Crippen LogP contribution is -2.48. The molecular formula is C15H17N5O3S. The molecule has 3 rings (SSSR count). The third-order valence-corrected chi connectivity index (χ3v) is 4.80. The highest BCUT2D eigenvalue weighted by molar-refractivity contribution is 7.13. The molecule has 1 amide bonds. The first-order valence-corrected chi connectivity index (χ1v) is 8.38. The first-order valence-electron chi connectivity index (χ1n) is 7.50. The van der Waals surface area contributed by atoms with Gasteiger partial charge in [0.2, 0.25) is 0 Å². The molecule has 0 atom stereocenters. The topological polar surface area (TPSA) is 91.6 Å². The van der Waals surface area contributed by atoms with Crippen LogP contribution in [0.4, 0.5) is 16.5 Å². The number of amides is 1. The van der Waals surface area contributed by atoms with E-state index in [2.05, 4.69) is 15.2 Å². The van der Waals surface area contributed by atoms with Crippen molar-refractivity contribution in [2.75, 3.05) is 43.4 Å². The van der Waals surface area contributed by atoms with Crippen LogP contribution in [0.3, 0.4) is 0 Å². The molecule has 9 heteroatoms. The Kier molecular flexibility index (Phi) is 4.61. The van der Waals surface area contributed by atoms with Gasteiger partial charge in [-0.2, -0.15) is 0 Å². The Morgan fingerprint density at radius 3 is 2.67 bits per heavy atom. The van der Waals surface area contributed by atoms with E-state index in [1.54, 1.807) is 41.6 Å². The Balaban J connectivity index is 1.71. The number of nitrogens with zero attached hydrogens (tertiary/aromatic N) is 4. The van der Waals surface area contributed by atoms with Gasteiger partial charge in [0.25, 0.3) is 11.6 Å². The molecule has 1 aromatic carbocycles. The predicted octanol–water partition coefficient (Wildman–Crippen LogP) is 2.06. The molecule has 1 aromatic heterocycles. The average molecular weight is 347 g/mol. The van der Waals surface area contributed by atoms with Gasteiger partial charge in [-0.3, -0.25) is 14.9 Å². The van der Waals surface area contributed by atoms with Gasteiger partial charge in [0.1, 0.15) is 5.69 Å². The summed E-state index contributed by atoms with van der Waals surface area (Å²) in [5, 5.41) is 16.8. The molecule has 0 saturated carbocycles. The number of nitro groups is 1. The monoisotopic (exact) mass is 347 g/mol. The van der Waals surface area contributed by atoms with Crippen molar-refractivity contribution in [3.05, 3.63) is 45.5 Å². The van der Waals surface area contributed by atoms with E-state index in [1.807, 2.05) is 5.38 Å². The second kappa shape index (κ2) is 6.83. The molecule has 2 aromatic rings. The highest BCUT2D eigenvalue weighted by Crippen LogP contribution is 2.26. The van der Waals surface area contributed by atoms with Crippen LogP contribution in [0.2, 0.25) is 0 Å². The van der Waals surface area contributed by atoms with Gasteiger partial charge >= 0.3 is 0 Å². The van der Waals surface area contributed by atoms with Crippen LogP contribution < -0.4 is 10.2 Å². The van der Waals surface area contributed by atoms with Crippen molar-refractivity contribution in [1.82, 2.24) is 9.88 Å². The Morgan fingerprint density at radius 1 is 1.33 bits per heavy atom. The second-order valence-electron chi connectivity index (χ2n) is 5.33. The van der Waals surface area contributed by atoms with Crippen LogP contribution in [0.15, 0.2) is 29.8 Å². The van der Waals surface area contributed by atoms with E-state index < -0.39 is 4.92 Å². The van der Waals surface area contributed by atoms with Crippen molar-refractivity contribution >= 4 is 33.8 Å². The van der Waals surface area contributed by atoms with Crippen molar-refractivity contribution in [3.8, 4) is 0 Å². The maximum atomic E-state index is 12.6. The average Bonchev–Trinajstić information content (AvgIpc) is 3.15. The smallest absolute Gasteiger partial charge is 0.293 e. The summed E-state index contributed by atoms with van der Waals surface area (Å²) in [5.74, 6) is -0.181. The van der Waals surface area contributed by atoms with Crippen molar-refractivity contribution < 1.29 is 9.72 Å². The Bertz CT molecular complexity index is 742. The third kappa shape index (κ3) is 3.16. The molecule has 0 bridgehead atoms. The number of piperazine rings is 1. The number of hydrogen-bond acceptors (Lipinski definition) is 7. The molecule has 0 radical (unpaired) electrons. The van der Waals surface area contributed by atoms with E-state index in [4.69, 9.17) is 0 Å². The summed E-state index contributed by atoms with van der Waals surface area (Å²) in [4.78, 5) is 31.4. The molecule has 0 aliphatic carbocycles. The van der Waals surface area contributed by atoms with Gasteiger partial charge < -0.3 is 15.1 Å². The van der Waals surface area contributed by atoms with Crippen molar-refractivity contribution in [1.29, 1.82) is 0 Å². The quantitative estimate of drug-likeness (QED) is 0.672. The van der Waals surface area contributed by atoms with Crippen molar-refractivity contribution in [3.63, 3.8) is 0 Å². The maximum absolute atomic E-state index is 12.6. The van der Waals surface area contributed by atoms with Crippen LogP contribution >= 0.6 is 11.3 Å². The highest BCUT2D eigenvalue weighted by Gasteiger charge is 2.25. The summed E-state index contributed by atoms with van der Waals surface area (Å²) < 4.78 is 0. The zero-order valence-electron chi connectivity index (χ0n) is 13.1. The molecule has 126 valence electrons. The number of anilines is 2. The van der Waals surface area contributed by atoms with Crippen LogP contribution in [-0.2, 0) is 0 Å². The highest BCUT2D eigenvalue weighted by atomic mass is 32.1. The van der Waals surface area contributed by atoms with Gasteiger partial charge in [0.15, 0.2) is 5.13 Å². The minimum Gasteiger partial charge on any atom is -0.383 e. The summed E-state index contributed by atoms with van der Waals surface area (Å²) in [6.45, 7) is 2.55. The molecule has 1 N–H and O–H groups in total. The summed E-state index contributed by atoms with van der Waals surface area (Å²) in [7, 11) is 1.61. The normalized spacial score (nSPS) is 14.5. The van der Waals surface area contributed by atoms with Crippen LogP contribution in [0.1, 0.15) is 10.4 Å². The number of nitro benzene ring substituents is 1. The number of benzene rings is 1. The van der Waals surface area contributed by atoms with Gasteiger partial charge in [0, 0.05) is 56.4 Å². The predicted molar refractivity (Wildman–Crippen MR) is 92.9 cm³/mol. The van der Waals surface area contributed by atoms with Gasteiger partial charge in [-0.15, -0.1) is 11.3 Å². The van der Waals surface area contributed by atoms with Crippen LogP contribution in [0.25, 0.3) is 0 Å². The SMILES string of the molecule is CNc1ccc(C(=O)N2CCN(c3nccs3)CC2)cc1[N+](=O)[O-]. The van der Waals surface area contributed by atoms with E-state index in [-0.39, 0.29) is 11.6 Å². The molecule has 1 aliphatic heterocycles. The second-order valence-corrected chi connectivity index (χ2v) is 6.21. The van der Waals surface area contributed by atoms with E-state index in [9.17, 15) is 14.9 Å². The summed E-state index contributed by atoms with van der Waals surface area (Å²) in [6, 6.07) is 4.52. The van der Waals surface area contributed by atoms with Gasteiger partial charge in [-0.25, -0.2) is 4.98 Å². The molecule has 24 heavy (non-hydrogen) atoms. The van der Waals surface area contributed by atoms with Crippen LogP contribution in [0.5, 0.6) is 0 Å². The molecule has 8 nitrogen and oxygen atoms in total. The van der Waals surface area contributed by atoms with Gasteiger partial charge in [-0.1, -0.05) is 0 Å². The minimum absolute atomic E-state index is 0.0928. The third-order valence-electron chi connectivity index (χ3n) is 3.97. The van der Waals surface area contributed by atoms with E-state index >= 15 is 0 Å². The number of rotatable bonds is 4. The molecule has 1 saturated heterocycles. The lowest BCUT2D eigenvalue weighted by molar-refractivity contribution is -0.384. The molecule has 0 unspecified atom stereocenters. The van der Waals surface area contributed by atoms with Crippen LogP contribution in [0, 0.1) is 10.1 Å². The molecule has 1 aliphatic rings. The first kappa shape index (κ1) is 16.2. The zero-order valence-corrected chi connectivity index (χ0v) is 14.0. The van der Waals surface area contributed by atoms with Gasteiger partial charge in [0.05, 0.1) is 4.92 Å². The lowest BCUT2D eigenvalue weighted by atomic mass is 10.1. The number of carbonyl (C=O) groups is 1. The number of hydrogen-bond donors (Lipinski definition) is 1. The summed E-state index contributed by atoms with van der Waals surface area (Å²) >= 11 is 1.57. The fraction of sp³-hybridized carbons (Fsp3) is 0.333. The largest absolute Gasteiger partial charge is 0.383 e. The molecule has 0 spiro atoms. The Hall–Kier alpha value is -2.68. The zero-order chi connectivity index (χ0) is 17.1. The molecular weight excluding hydrogens is 330 g/mol.